The fourth-order valence-corrected chi connectivity index (χ4v) is 2.44. The average molecular weight is 229 g/mol. The standard InChI is InChI=1S/C15H19NO/c1-11-2-7-15(13(8-11)10-17)16(14-5-6-14)9-12-3-4-12/h2,7-8,10,12,14H,3-6,9H2,1H3. The highest BCUT2D eigenvalue weighted by molar-refractivity contribution is 5.85. The van der Waals surface area contributed by atoms with E-state index in [4.69, 9.17) is 0 Å². The zero-order valence-corrected chi connectivity index (χ0v) is 10.4. The van der Waals surface area contributed by atoms with E-state index in [1.54, 1.807) is 0 Å². The van der Waals surface area contributed by atoms with Crippen LogP contribution in [0.15, 0.2) is 18.2 Å². The molecule has 2 aliphatic carbocycles. The summed E-state index contributed by atoms with van der Waals surface area (Å²) in [5.74, 6) is 0.872. The molecule has 0 aliphatic heterocycles. The topological polar surface area (TPSA) is 20.3 Å². The first kappa shape index (κ1) is 10.8. The highest BCUT2D eigenvalue weighted by Crippen LogP contribution is 2.38. The van der Waals surface area contributed by atoms with Gasteiger partial charge in [0.25, 0.3) is 0 Å². The number of aldehydes is 1. The summed E-state index contributed by atoms with van der Waals surface area (Å²) < 4.78 is 0. The molecular formula is C15H19NO. The number of nitrogens with zero attached hydrogens (tertiary/aromatic N) is 1. The summed E-state index contributed by atoms with van der Waals surface area (Å²) in [7, 11) is 0. The van der Waals surface area contributed by atoms with Crippen LogP contribution in [0.5, 0.6) is 0 Å². The summed E-state index contributed by atoms with van der Waals surface area (Å²) >= 11 is 0. The first-order chi connectivity index (χ1) is 8.28. The monoisotopic (exact) mass is 229 g/mol. The third kappa shape index (κ3) is 2.36. The van der Waals surface area contributed by atoms with Gasteiger partial charge in [-0.05, 0) is 50.7 Å². The van der Waals surface area contributed by atoms with Gasteiger partial charge in [0.15, 0.2) is 6.29 Å². The summed E-state index contributed by atoms with van der Waals surface area (Å²) in [5, 5.41) is 0. The number of carbonyl (C=O) groups excluding carboxylic acids is 1. The lowest BCUT2D eigenvalue weighted by Crippen LogP contribution is -2.29. The molecule has 2 nitrogen and oxygen atoms in total. The number of hydrogen-bond donors (Lipinski definition) is 0. The molecule has 0 atom stereocenters. The first-order valence-corrected chi connectivity index (χ1v) is 6.60. The Hall–Kier alpha value is -1.31. The molecule has 90 valence electrons. The SMILES string of the molecule is Cc1ccc(N(CC2CC2)C2CC2)c(C=O)c1. The predicted molar refractivity (Wildman–Crippen MR) is 69.7 cm³/mol. The van der Waals surface area contributed by atoms with Crippen molar-refractivity contribution in [3.63, 3.8) is 0 Å². The van der Waals surface area contributed by atoms with Crippen LogP contribution in [0.1, 0.15) is 41.6 Å². The zero-order chi connectivity index (χ0) is 11.8. The molecule has 17 heavy (non-hydrogen) atoms. The summed E-state index contributed by atoms with van der Waals surface area (Å²) in [6.07, 6.45) is 6.32. The summed E-state index contributed by atoms with van der Waals surface area (Å²) in [6.45, 7) is 3.19. The molecule has 0 N–H and O–H groups in total. The molecule has 0 spiro atoms. The molecule has 2 saturated carbocycles. The van der Waals surface area contributed by atoms with E-state index in [2.05, 4.69) is 17.0 Å². The Morgan fingerprint density at radius 1 is 1.29 bits per heavy atom. The Morgan fingerprint density at radius 3 is 2.65 bits per heavy atom. The van der Waals surface area contributed by atoms with Gasteiger partial charge in [-0.15, -0.1) is 0 Å². The van der Waals surface area contributed by atoms with Crippen molar-refractivity contribution in [1.82, 2.24) is 0 Å². The molecule has 0 aromatic heterocycles. The zero-order valence-electron chi connectivity index (χ0n) is 10.4. The van der Waals surface area contributed by atoms with E-state index in [9.17, 15) is 4.79 Å². The second-order valence-corrected chi connectivity index (χ2v) is 5.51. The first-order valence-electron chi connectivity index (χ1n) is 6.60. The maximum atomic E-state index is 11.2. The van der Waals surface area contributed by atoms with Gasteiger partial charge in [0.05, 0.1) is 0 Å². The van der Waals surface area contributed by atoms with Gasteiger partial charge in [-0.25, -0.2) is 0 Å². The van der Waals surface area contributed by atoms with Crippen LogP contribution in [0.2, 0.25) is 0 Å². The molecule has 2 fully saturated rings. The third-order valence-electron chi connectivity index (χ3n) is 3.76. The predicted octanol–water partition coefficient (Wildman–Crippen LogP) is 3.19. The van der Waals surface area contributed by atoms with E-state index in [0.717, 1.165) is 35.6 Å². The van der Waals surface area contributed by atoms with E-state index in [1.807, 2.05) is 13.0 Å². The van der Waals surface area contributed by atoms with E-state index in [0.29, 0.717) is 6.04 Å². The molecule has 2 heteroatoms. The minimum Gasteiger partial charge on any atom is -0.368 e. The van der Waals surface area contributed by atoms with Crippen LogP contribution in [-0.4, -0.2) is 18.9 Å². The van der Waals surface area contributed by atoms with E-state index in [1.165, 1.54) is 25.7 Å². The number of carbonyl (C=O) groups is 1. The van der Waals surface area contributed by atoms with Crippen LogP contribution < -0.4 is 4.90 Å². The van der Waals surface area contributed by atoms with Gasteiger partial charge in [-0.3, -0.25) is 4.79 Å². The van der Waals surface area contributed by atoms with Crippen molar-refractivity contribution in [2.24, 2.45) is 5.92 Å². The van der Waals surface area contributed by atoms with Crippen molar-refractivity contribution in [2.75, 3.05) is 11.4 Å². The van der Waals surface area contributed by atoms with Gasteiger partial charge in [-0.2, -0.15) is 0 Å². The molecule has 0 bridgehead atoms. The third-order valence-corrected chi connectivity index (χ3v) is 3.76. The molecule has 2 aliphatic rings. The Kier molecular flexibility index (Phi) is 2.65. The van der Waals surface area contributed by atoms with Crippen LogP contribution in [-0.2, 0) is 0 Å². The van der Waals surface area contributed by atoms with Gasteiger partial charge in [0.2, 0.25) is 0 Å². The normalized spacial score (nSPS) is 19.1. The van der Waals surface area contributed by atoms with Crippen molar-refractivity contribution in [2.45, 2.75) is 38.6 Å². The number of rotatable bonds is 5. The van der Waals surface area contributed by atoms with E-state index in [-0.39, 0.29) is 0 Å². The van der Waals surface area contributed by atoms with Gasteiger partial charge in [0, 0.05) is 23.8 Å². The van der Waals surface area contributed by atoms with Crippen LogP contribution in [0, 0.1) is 12.8 Å². The second kappa shape index (κ2) is 4.17. The number of aryl methyl sites for hydroxylation is 1. The van der Waals surface area contributed by atoms with Crippen LogP contribution in [0.3, 0.4) is 0 Å². The quantitative estimate of drug-likeness (QED) is 0.723. The lowest BCUT2D eigenvalue weighted by atomic mass is 10.1. The lowest BCUT2D eigenvalue weighted by Gasteiger charge is -2.26. The summed E-state index contributed by atoms with van der Waals surface area (Å²) in [6, 6.07) is 6.94. The van der Waals surface area contributed by atoms with E-state index < -0.39 is 0 Å². The number of benzene rings is 1. The van der Waals surface area contributed by atoms with Crippen LogP contribution in [0.4, 0.5) is 5.69 Å². The largest absolute Gasteiger partial charge is 0.368 e. The fourth-order valence-electron chi connectivity index (χ4n) is 2.44. The highest BCUT2D eigenvalue weighted by atomic mass is 16.1. The molecular weight excluding hydrogens is 210 g/mol. The van der Waals surface area contributed by atoms with Gasteiger partial charge >= 0.3 is 0 Å². The maximum absolute atomic E-state index is 11.2. The second-order valence-electron chi connectivity index (χ2n) is 5.51. The lowest BCUT2D eigenvalue weighted by molar-refractivity contribution is 0.112. The molecule has 1 aromatic rings. The summed E-state index contributed by atoms with van der Waals surface area (Å²) in [5.41, 5.74) is 3.18. The van der Waals surface area contributed by atoms with Crippen LogP contribution in [0.25, 0.3) is 0 Å². The minimum absolute atomic E-state index is 0.692. The smallest absolute Gasteiger partial charge is 0.152 e. The molecule has 0 radical (unpaired) electrons. The number of anilines is 1. The molecule has 3 rings (SSSR count). The fraction of sp³-hybridized carbons (Fsp3) is 0.533. The Bertz CT molecular complexity index is 433. The number of hydrogen-bond acceptors (Lipinski definition) is 2. The molecule has 0 saturated heterocycles. The van der Waals surface area contributed by atoms with Crippen molar-refractivity contribution in [1.29, 1.82) is 0 Å². The van der Waals surface area contributed by atoms with Gasteiger partial charge in [-0.1, -0.05) is 11.6 Å². The molecule has 1 aromatic carbocycles. The Balaban J connectivity index is 1.90. The van der Waals surface area contributed by atoms with Gasteiger partial charge < -0.3 is 4.90 Å². The molecule has 0 unspecified atom stereocenters. The van der Waals surface area contributed by atoms with Crippen molar-refractivity contribution >= 4 is 12.0 Å². The van der Waals surface area contributed by atoms with Crippen LogP contribution >= 0.6 is 0 Å². The molecule has 0 heterocycles. The van der Waals surface area contributed by atoms with Crippen molar-refractivity contribution in [3.8, 4) is 0 Å². The molecule has 0 amide bonds. The maximum Gasteiger partial charge on any atom is 0.152 e. The van der Waals surface area contributed by atoms with Crippen molar-refractivity contribution < 1.29 is 4.79 Å². The highest BCUT2D eigenvalue weighted by Gasteiger charge is 2.34. The minimum atomic E-state index is 0.692. The average Bonchev–Trinajstić information content (AvgIpc) is 3.18. The Morgan fingerprint density at radius 2 is 2.06 bits per heavy atom. The van der Waals surface area contributed by atoms with Gasteiger partial charge in [0.1, 0.15) is 0 Å². The van der Waals surface area contributed by atoms with Crippen molar-refractivity contribution in [3.05, 3.63) is 29.3 Å². The summed E-state index contributed by atoms with van der Waals surface area (Å²) in [4.78, 5) is 13.7. The van der Waals surface area contributed by atoms with E-state index >= 15 is 0 Å². The Labute approximate surface area is 103 Å².